The molecule has 2 N–H and O–H groups in total. The first-order valence-electron chi connectivity index (χ1n) is 15.4. The second-order valence-corrected chi connectivity index (χ2v) is 11.6. The highest BCUT2D eigenvalue weighted by Gasteiger charge is 2.53. The van der Waals surface area contributed by atoms with Gasteiger partial charge in [0.05, 0.1) is 66.9 Å². The van der Waals surface area contributed by atoms with Gasteiger partial charge in [-0.1, -0.05) is 0 Å². The van der Waals surface area contributed by atoms with Gasteiger partial charge in [0.1, 0.15) is 5.69 Å². The molecule has 0 spiro atoms. The predicted molar refractivity (Wildman–Crippen MR) is 172 cm³/mol. The molecular formula is C35H35N3O11. The number of aromatic nitrogens is 2. The average molecular weight is 674 g/mol. The first-order valence-corrected chi connectivity index (χ1v) is 15.4. The van der Waals surface area contributed by atoms with Crippen molar-refractivity contribution in [2.45, 2.75) is 12.0 Å². The Morgan fingerprint density at radius 1 is 0.755 bits per heavy atom. The lowest BCUT2D eigenvalue weighted by atomic mass is 9.65. The van der Waals surface area contributed by atoms with E-state index in [1.807, 2.05) is 24.3 Å². The number of hydrogen-bond acceptors (Lipinski definition) is 12. The molecule has 3 aromatic carbocycles. The van der Waals surface area contributed by atoms with Crippen LogP contribution in [0.1, 0.15) is 39.1 Å². The van der Waals surface area contributed by atoms with Crippen molar-refractivity contribution in [1.82, 2.24) is 15.5 Å². The van der Waals surface area contributed by atoms with Crippen LogP contribution in [-0.2, 0) is 9.53 Å². The minimum absolute atomic E-state index is 0.0524. The minimum Gasteiger partial charge on any atom is -0.493 e. The Balaban J connectivity index is 1.28. The van der Waals surface area contributed by atoms with E-state index in [-0.39, 0.29) is 25.1 Å². The first kappa shape index (κ1) is 31.8. The van der Waals surface area contributed by atoms with Crippen LogP contribution in [0, 0.1) is 11.8 Å². The number of carbonyl (C=O) groups excluding carboxylic acids is 2. The maximum atomic E-state index is 13.9. The number of nitrogens with one attached hydrogen (secondary N) is 2. The molecule has 7 rings (SSSR count). The molecule has 3 aliphatic rings. The van der Waals surface area contributed by atoms with Crippen LogP contribution < -0.4 is 43.2 Å². The Morgan fingerprint density at radius 3 is 1.90 bits per heavy atom. The molecule has 4 atom stereocenters. The van der Waals surface area contributed by atoms with Gasteiger partial charge >= 0.3 is 5.97 Å². The molecule has 1 amide bonds. The molecule has 14 heteroatoms. The minimum atomic E-state index is -0.655. The fourth-order valence-electron chi connectivity index (χ4n) is 7.06. The number of H-pyrrole nitrogens is 1. The molecule has 14 nitrogen and oxygen atoms in total. The molecule has 3 heterocycles. The van der Waals surface area contributed by atoms with Crippen LogP contribution in [-0.4, -0.2) is 78.1 Å². The standard InChI is InChI=1S/C35H35N3O11/c1-41-25-7-16(8-26(42-2)32(25)45-5)21-13-22(38-37-21)34(39)36-31-19-12-24-23(48-15-49-24)11-18(19)29(30-20(31)14-47-35(30)40)17-9-27(43-3)33(46-6)28(10-17)44-4/h7-13,20,29-31H,14-15H2,1-6H3,(H,36,39)(H,37,38)/t20-,29+,30-,31+/m0/s1. The monoisotopic (exact) mass is 673 g/mol. The molecule has 0 radical (unpaired) electrons. The number of fused-ring (bicyclic) bond motifs is 3. The highest BCUT2D eigenvalue weighted by molar-refractivity contribution is 5.94. The number of benzene rings is 3. The number of ether oxygens (including phenoxy) is 9. The Labute approximate surface area is 281 Å². The van der Waals surface area contributed by atoms with E-state index in [1.165, 1.54) is 42.7 Å². The summed E-state index contributed by atoms with van der Waals surface area (Å²) in [7, 11) is 9.17. The summed E-state index contributed by atoms with van der Waals surface area (Å²) in [6.07, 6.45) is 0. The van der Waals surface area contributed by atoms with E-state index in [0.717, 1.165) is 16.7 Å². The molecule has 49 heavy (non-hydrogen) atoms. The van der Waals surface area contributed by atoms with Gasteiger partial charge in [0.2, 0.25) is 18.3 Å². The first-order chi connectivity index (χ1) is 23.8. The van der Waals surface area contributed by atoms with E-state index in [9.17, 15) is 9.59 Å². The summed E-state index contributed by atoms with van der Waals surface area (Å²) >= 11 is 0. The fraction of sp³-hybridized carbons (Fsp3) is 0.343. The Hall–Kier alpha value is -5.79. The number of cyclic esters (lactones) is 1. The Morgan fingerprint density at radius 2 is 1.33 bits per heavy atom. The number of carbonyl (C=O) groups is 2. The summed E-state index contributed by atoms with van der Waals surface area (Å²) in [6.45, 7) is 0.153. The van der Waals surface area contributed by atoms with E-state index < -0.39 is 29.7 Å². The molecule has 2 aliphatic heterocycles. The summed E-state index contributed by atoms with van der Waals surface area (Å²) in [5.74, 6) is 1.34. The molecular weight excluding hydrogens is 638 g/mol. The zero-order valence-electron chi connectivity index (χ0n) is 27.7. The number of esters is 1. The number of aromatic amines is 1. The van der Waals surface area contributed by atoms with Gasteiger partial charge in [-0.2, -0.15) is 5.10 Å². The molecule has 1 saturated heterocycles. The summed E-state index contributed by atoms with van der Waals surface area (Å²) < 4.78 is 50.5. The summed E-state index contributed by atoms with van der Waals surface area (Å²) in [5.41, 5.74) is 3.61. The lowest BCUT2D eigenvalue weighted by molar-refractivity contribution is -0.141. The van der Waals surface area contributed by atoms with Crippen LogP contribution in [0.2, 0.25) is 0 Å². The molecule has 1 aromatic heterocycles. The zero-order chi connectivity index (χ0) is 34.4. The maximum absolute atomic E-state index is 13.9. The van der Waals surface area contributed by atoms with Gasteiger partial charge in [0.15, 0.2) is 34.5 Å². The van der Waals surface area contributed by atoms with Crippen molar-refractivity contribution in [3.8, 4) is 57.3 Å². The van der Waals surface area contributed by atoms with Crippen molar-refractivity contribution < 1.29 is 52.2 Å². The van der Waals surface area contributed by atoms with Gasteiger partial charge in [0.25, 0.3) is 5.91 Å². The quantitative estimate of drug-likeness (QED) is 0.231. The Bertz CT molecular complexity index is 1890. The maximum Gasteiger partial charge on any atom is 0.310 e. The van der Waals surface area contributed by atoms with E-state index in [4.69, 9.17) is 42.6 Å². The number of rotatable bonds is 10. The van der Waals surface area contributed by atoms with E-state index in [2.05, 4.69) is 15.5 Å². The number of methoxy groups -OCH3 is 6. The van der Waals surface area contributed by atoms with Crippen LogP contribution in [0.4, 0.5) is 0 Å². The van der Waals surface area contributed by atoms with Crippen LogP contribution >= 0.6 is 0 Å². The van der Waals surface area contributed by atoms with E-state index in [1.54, 1.807) is 18.2 Å². The molecule has 0 saturated carbocycles. The third-order valence-electron chi connectivity index (χ3n) is 9.30. The molecule has 1 fully saturated rings. The van der Waals surface area contributed by atoms with Gasteiger partial charge in [-0.15, -0.1) is 0 Å². The third kappa shape index (κ3) is 5.23. The van der Waals surface area contributed by atoms with Crippen LogP contribution in [0.5, 0.6) is 46.0 Å². The topological polar surface area (TPSA) is 158 Å². The van der Waals surface area contributed by atoms with Crippen molar-refractivity contribution in [2.24, 2.45) is 11.8 Å². The number of amides is 1. The molecule has 4 aromatic rings. The smallest absolute Gasteiger partial charge is 0.310 e. The SMILES string of the molecule is COc1cc(-c2cc(C(=O)N[C@@H]3c4cc5c(cc4[C@@H](c4cc(OC)c(OC)c(OC)c4)[C@H]4C(=O)OC[C@@H]43)OCO5)[nH]n2)cc(OC)c1OC. The van der Waals surface area contributed by atoms with Gasteiger partial charge < -0.3 is 47.9 Å². The van der Waals surface area contributed by atoms with E-state index >= 15 is 0 Å². The average Bonchev–Trinajstić information content (AvgIpc) is 3.90. The molecule has 0 unspecified atom stereocenters. The molecule has 256 valence electrons. The van der Waals surface area contributed by atoms with Crippen LogP contribution in [0.15, 0.2) is 42.5 Å². The highest BCUT2D eigenvalue weighted by atomic mass is 16.7. The molecule has 1 aliphatic carbocycles. The number of nitrogens with zero attached hydrogens (tertiary/aromatic N) is 1. The predicted octanol–water partition coefficient (Wildman–Crippen LogP) is 4.26. The van der Waals surface area contributed by atoms with Gasteiger partial charge in [0, 0.05) is 17.4 Å². The van der Waals surface area contributed by atoms with Gasteiger partial charge in [-0.3, -0.25) is 14.7 Å². The lowest BCUT2D eigenvalue weighted by Gasteiger charge is -2.39. The fourth-order valence-corrected chi connectivity index (χ4v) is 7.06. The van der Waals surface area contributed by atoms with Crippen molar-refractivity contribution in [3.63, 3.8) is 0 Å². The highest BCUT2D eigenvalue weighted by Crippen LogP contribution is 2.55. The molecule has 0 bridgehead atoms. The van der Waals surface area contributed by atoms with Crippen molar-refractivity contribution in [1.29, 1.82) is 0 Å². The second kappa shape index (κ2) is 12.7. The van der Waals surface area contributed by atoms with Crippen molar-refractivity contribution >= 4 is 11.9 Å². The van der Waals surface area contributed by atoms with E-state index in [0.29, 0.717) is 57.3 Å². The largest absolute Gasteiger partial charge is 0.493 e. The van der Waals surface area contributed by atoms with Crippen LogP contribution in [0.3, 0.4) is 0 Å². The van der Waals surface area contributed by atoms with Crippen molar-refractivity contribution in [3.05, 3.63) is 64.8 Å². The summed E-state index contributed by atoms with van der Waals surface area (Å²) in [6, 6.07) is 11.9. The number of hydrogen-bond donors (Lipinski definition) is 2. The zero-order valence-corrected chi connectivity index (χ0v) is 27.7. The van der Waals surface area contributed by atoms with Crippen molar-refractivity contribution in [2.75, 3.05) is 56.1 Å². The van der Waals surface area contributed by atoms with Gasteiger partial charge in [-0.25, -0.2) is 0 Å². The third-order valence-corrected chi connectivity index (χ3v) is 9.30. The van der Waals surface area contributed by atoms with Crippen LogP contribution in [0.25, 0.3) is 11.3 Å². The lowest BCUT2D eigenvalue weighted by Crippen LogP contribution is -2.43. The second-order valence-electron chi connectivity index (χ2n) is 11.6. The summed E-state index contributed by atoms with van der Waals surface area (Å²) in [4.78, 5) is 27.5. The normalized spacial score (nSPS) is 20.1. The Kier molecular flexibility index (Phi) is 8.22. The summed E-state index contributed by atoms with van der Waals surface area (Å²) in [5, 5.41) is 10.4. The van der Waals surface area contributed by atoms with Gasteiger partial charge in [-0.05, 0) is 59.2 Å².